The Morgan fingerprint density at radius 1 is 1.15 bits per heavy atom. The van der Waals surface area contributed by atoms with Crippen molar-refractivity contribution < 1.29 is 32.7 Å². The highest BCUT2D eigenvalue weighted by Crippen LogP contribution is 2.30. The van der Waals surface area contributed by atoms with Gasteiger partial charge in [-0.05, 0) is 56.7 Å². The van der Waals surface area contributed by atoms with Gasteiger partial charge in [-0.25, -0.2) is 9.18 Å². The van der Waals surface area contributed by atoms with Crippen LogP contribution >= 0.6 is 0 Å². The number of aryl methyl sites for hydroxylation is 2. The van der Waals surface area contributed by atoms with Crippen LogP contribution in [-0.4, -0.2) is 42.2 Å². The maximum absolute atomic E-state index is 13.4. The average molecular weight is 470 g/mol. The zero-order valence-electron chi connectivity index (χ0n) is 19.8. The van der Waals surface area contributed by atoms with Gasteiger partial charge in [-0.1, -0.05) is 17.3 Å². The maximum Gasteiger partial charge on any atom is 0.339 e. The molecule has 0 saturated carbocycles. The molecule has 0 N–H and O–H groups in total. The van der Waals surface area contributed by atoms with Gasteiger partial charge >= 0.3 is 5.97 Å². The first-order valence-electron chi connectivity index (χ1n) is 10.6. The number of benzene rings is 2. The van der Waals surface area contributed by atoms with E-state index in [0.717, 1.165) is 11.3 Å². The van der Waals surface area contributed by atoms with Crippen LogP contribution < -0.4 is 9.47 Å². The van der Waals surface area contributed by atoms with Crippen molar-refractivity contribution in [3.8, 4) is 11.5 Å². The first-order valence-corrected chi connectivity index (χ1v) is 10.6. The van der Waals surface area contributed by atoms with E-state index >= 15 is 0 Å². The predicted octanol–water partition coefficient (Wildman–Crippen LogP) is 4.22. The highest BCUT2D eigenvalue weighted by Gasteiger charge is 2.23. The Morgan fingerprint density at radius 2 is 1.91 bits per heavy atom. The molecule has 34 heavy (non-hydrogen) atoms. The number of esters is 1. The number of likely N-dealkylation sites (N-methyl/N-ethyl adjacent to an activating group) is 1. The monoisotopic (exact) mass is 470 g/mol. The molecule has 3 aromatic rings. The maximum atomic E-state index is 13.4. The van der Waals surface area contributed by atoms with Crippen molar-refractivity contribution in [2.24, 2.45) is 0 Å². The third-order valence-corrected chi connectivity index (χ3v) is 5.27. The number of ether oxygens (including phenoxy) is 3. The lowest BCUT2D eigenvalue weighted by molar-refractivity contribution is -0.139. The zero-order valence-corrected chi connectivity index (χ0v) is 19.8. The molecule has 8 nitrogen and oxygen atoms in total. The minimum atomic E-state index is -1.03. The van der Waals surface area contributed by atoms with E-state index in [1.807, 2.05) is 6.92 Å². The number of hydrogen-bond donors (Lipinski definition) is 0. The smallest absolute Gasteiger partial charge is 0.339 e. The number of hydrogen-bond acceptors (Lipinski definition) is 7. The number of methoxy groups -OCH3 is 1. The van der Waals surface area contributed by atoms with Crippen molar-refractivity contribution >= 4 is 11.9 Å². The van der Waals surface area contributed by atoms with E-state index in [1.54, 1.807) is 32.2 Å². The van der Waals surface area contributed by atoms with Gasteiger partial charge in [-0.3, -0.25) is 4.79 Å². The number of amides is 1. The van der Waals surface area contributed by atoms with Gasteiger partial charge in [0.2, 0.25) is 0 Å². The second kappa shape index (κ2) is 10.8. The summed E-state index contributed by atoms with van der Waals surface area (Å²) in [5.41, 5.74) is 2.40. The molecule has 1 atom stereocenters. The summed E-state index contributed by atoms with van der Waals surface area (Å²) >= 11 is 0. The Hall–Kier alpha value is -3.88. The molecule has 1 unspecified atom stereocenters. The number of halogens is 1. The van der Waals surface area contributed by atoms with Crippen molar-refractivity contribution in [2.45, 2.75) is 40.0 Å². The number of aromatic nitrogens is 1. The van der Waals surface area contributed by atoms with E-state index in [2.05, 4.69) is 5.16 Å². The van der Waals surface area contributed by atoms with E-state index < -0.39 is 18.0 Å². The number of nitrogens with zero attached hydrogens (tertiary/aromatic N) is 2. The molecule has 3 rings (SSSR count). The SMILES string of the molecule is COc1cc(C(=O)OC(C)C(=O)N(C)Cc2cccc(F)c2)ccc1OCc1c(C)noc1C. The number of rotatable bonds is 9. The molecule has 0 aliphatic heterocycles. The van der Waals surface area contributed by atoms with Crippen LogP contribution in [-0.2, 0) is 22.7 Å². The summed E-state index contributed by atoms with van der Waals surface area (Å²) in [6, 6.07) is 10.6. The molecule has 180 valence electrons. The van der Waals surface area contributed by atoms with Gasteiger partial charge in [0.25, 0.3) is 5.91 Å². The molecule has 0 bridgehead atoms. The van der Waals surface area contributed by atoms with Crippen LogP contribution in [0.15, 0.2) is 47.0 Å². The molecular weight excluding hydrogens is 443 g/mol. The molecule has 1 heterocycles. The van der Waals surface area contributed by atoms with Crippen molar-refractivity contribution in [2.75, 3.05) is 14.2 Å². The van der Waals surface area contributed by atoms with Crippen LogP contribution in [0.3, 0.4) is 0 Å². The van der Waals surface area contributed by atoms with Crippen LogP contribution in [0.25, 0.3) is 0 Å². The van der Waals surface area contributed by atoms with Crippen molar-refractivity contribution in [3.63, 3.8) is 0 Å². The molecule has 0 aliphatic rings. The fourth-order valence-corrected chi connectivity index (χ4v) is 3.35. The van der Waals surface area contributed by atoms with Crippen LogP contribution in [0.1, 0.15) is 39.9 Å². The van der Waals surface area contributed by atoms with Crippen LogP contribution in [0.2, 0.25) is 0 Å². The number of carbonyl (C=O) groups excluding carboxylic acids is 2. The van der Waals surface area contributed by atoms with Gasteiger partial charge in [-0.15, -0.1) is 0 Å². The third-order valence-electron chi connectivity index (χ3n) is 5.27. The lowest BCUT2D eigenvalue weighted by Crippen LogP contribution is -2.37. The lowest BCUT2D eigenvalue weighted by atomic mass is 10.2. The molecule has 1 amide bonds. The molecule has 9 heteroatoms. The summed E-state index contributed by atoms with van der Waals surface area (Å²) in [5, 5.41) is 3.89. The fraction of sp³-hybridized carbons (Fsp3) is 0.320. The van der Waals surface area contributed by atoms with Crippen LogP contribution in [0.4, 0.5) is 4.39 Å². The van der Waals surface area contributed by atoms with E-state index in [0.29, 0.717) is 22.8 Å². The first kappa shape index (κ1) is 24.8. The summed E-state index contributed by atoms with van der Waals surface area (Å²) in [6.45, 7) is 5.52. The molecule has 2 aromatic carbocycles. The largest absolute Gasteiger partial charge is 0.493 e. The van der Waals surface area contributed by atoms with Gasteiger partial charge in [0.1, 0.15) is 18.2 Å². The van der Waals surface area contributed by atoms with Crippen molar-refractivity contribution in [1.82, 2.24) is 10.1 Å². The summed E-state index contributed by atoms with van der Waals surface area (Å²) in [5.74, 6) is -0.0513. The summed E-state index contributed by atoms with van der Waals surface area (Å²) in [4.78, 5) is 26.6. The van der Waals surface area contributed by atoms with E-state index in [4.69, 9.17) is 18.7 Å². The molecule has 0 radical (unpaired) electrons. The molecule has 0 spiro atoms. The molecule has 0 saturated heterocycles. The average Bonchev–Trinajstić information content (AvgIpc) is 3.13. The predicted molar refractivity (Wildman–Crippen MR) is 121 cm³/mol. The van der Waals surface area contributed by atoms with Gasteiger partial charge < -0.3 is 23.6 Å². The van der Waals surface area contributed by atoms with Gasteiger partial charge in [-0.2, -0.15) is 0 Å². The summed E-state index contributed by atoms with van der Waals surface area (Å²) in [6.07, 6.45) is -1.03. The minimum Gasteiger partial charge on any atom is -0.493 e. The van der Waals surface area contributed by atoms with Crippen LogP contribution in [0.5, 0.6) is 11.5 Å². The highest BCUT2D eigenvalue weighted by atomic mass is 19.1. The molecular formula is C25H27FN2O6. The van der Waals surface area contributed by atoms with Gasteiger partial charge in [0, 0.05) is 13.6 Å². The first-order chi connectivity index (χ1) is 16.2. The second-order valence-corrected chi connectivity index (χ2v) is 7.83. The Balaban J connectivity index is 1.62. The normalized spacial score (nSPS) is 11.6. The molecule has 0 aliphatic carbocycles. The van der Waals surface area contributed by atoms with E-state index in [9.17, 15) is 14.0 Å². The summed E-state index contributed by atoms with van der Waals surface area (Å²) in [7, 11) is 3.02. The van der Waals surface area contributed by atoms with Crippen molar-refractivity contribution in [3.05, 3.63) is 76.4 Å². The third kappa shape index (κ3) is 5.92. The Labute approximate surface area is 197 Å². The Morgan fingerprint density at radius 3 is 2.56 bits per heavy atom. The van der Waals surface area contributed by atoms with E-state index in [1.165, 1.54) is 43.2 Å². The lowest BCUT2D eigenvalue weighted by Gasteiger charge is -2.21. The van der Waals surface area contributed by atoms with Gasteiger partial charge in [0.15, 0.2) is 17.6 Å². The highest BCUT2D eigenvalue weighted by molar-refractivity contribution is 5.92. The Bertz CT molecular complexity index is 1160. The fourth-order valence-electron chi connectivity index (χ4n) is 3.35. The summed E-state index contributed by atoms with van der Waals surface area (Å²) < 4.78 is 35.0. The number of carbonyl (C=O) groups is 2. The molecule has 1 aromatic heterocycles. The minimum absolute atomic E-state index is 0.184. The van der Waals surface area contributed by atoms with Gasteiger partial charge in [0.05, 0.1) is 23.9 Å². The quantitative estimate of drug-likeness (QED) is 0.433. The Kier molecular flexibility index (Phi) is 7.88. The standard InChI is InChI=1S/C25H27FN2O6/c1-15-21(16(2)34-27-15)14-32-22-10-9-19(12-23(22)31-5)25(30)33-17(3)24(29)28(4)13-18-7-6-8-20(26)11-18/h6-12,17H,13-14H2,1-5H3. The van der Waals surface area contributed by atoms with Crippen molar-refractivity contribution in [1.29, 1.82) is 0 Å². The zero-order chi connectivity index (χ0) is 24.8. The van der Waals surface area contributed by atoms with Crippen LogP contribution in [0, 0.1) is 19.7 Å². The topological polar surface area (TPSA) is 91.1 Å². The second-order valence-electron chi connectivity index (χ2n) is 7.83. The van der Waals surface area contributed by atoms with E-state index in [-0.39, 0.29) is 24.5 Å². The molecule has 0 fully saturated rings.